The average molecular weight is 395 g/mol. The van der Waals surface area contributed by atoms with Gasteiger partial charge in [0.2, 0.25) is 5.43 Å². The van der Waals surface area contributed by atoms with Crippen LogP contribution >= 0.6 is 0 Å². The molecule has 0 atom stereocenters. The minimum atomic E-state index is -1.55. The van der Waals surface area contributed by atoms with E-state index in [1.54, 1.807) is 0 Å². The number of pyridine rings is 1. The topological polar surface area (TPSA) is 65.8 Å². The van der Waals surface area contributed by atoms with Crippen LogP contribution in [0.25, 0.3) is 10.9 Å². The zero-order chi connectivity index (χ0) is 20.2. The van der Waals surface area contributed by atoms with Gasteiger partial charge in [0.05, 0.1) is 10.9 Å². The first-order chi connectivity index (χ1) is 13.3. The van der Waals surface area contributed by atoms with Gasteiger partial charge in [-0.1, -0.05) is 6.92 Å². The number of carboxylic acid groups (broad SMARTS) is 1. The van der Waals surface area contributed by atoms with Crippen molar-refractivity contribution in [1.29, 1.82) is 0 Å². The smallest absolute Gasteiger partial charge is 0.341 e. The van der Waals surface area contributed by atoms with E-state index in [2.05, 4.69) is 4.90 Å². The lowest BCUT2D eigenvalue weighted by molar-refractivity contribution is 0.0694. The average Bonchev–Trinajstić information content (AvgIpc) is 3.51. The molecule has 4 rings (SSSR count). The van der Waals surface area contributed by atoms with Crippen molar-refractivity contribution in [1.82, 2.24) is 9.47 Å². The highest BCUT2D eigenvalue weighted by Gasteiger charge is 2.34. The highest BCUT2D eigenvalue weighted by Crippen LogP contribution is 2.40. The summed E-state index contributed by atoms with van der Waals surface area (Å²) in [6.45, 7) is 4.62. The largest absolute Gasteiger partial charge is 0.477 e. The van der Waals surface area contributed by atoms with Crippen LogP contribution in [0.2, 0.25) is 0 Å². The standard InChI is InChI=1S/C19H20F3N3O3/c1-2-23-5-7-24(8-6-23)17-14(21)13(20)12-16(15(17)22)25(10-3-4-10)9-11(18(12)26)19(27)28/h9-10H,2-8H2,1H3,(H,27,28). The Morgan fingerprint density at radius 1 is 1.11 bits per heavy atom. The van der Waals surface area contributed by atoms with Crippen molar-refractivity contribution in [3.8, 4) is 0 Å². The quantitative estimate of drug-likeness (QED) is 0.807. The third kappa shape index (κ3) is 2.85. The number of halogens is 3. The fourth-order valence-corrected chi connectivity index (χ4v) is 3.84. The molecule has 2 fully saturated rings. The number of piperazine rings is 1. The lowest BCUT2D eigenvalue weighted by atomic mass is 10.1. The van der Waals surface area contributed by atoms with Crippen molar-refractivity contribution in [3.63, 3.8) is 0 Å². The van der Waals surface area contributed by atoms with Crippen LogP contribution in [-0.2, 0) is 0 Å². The van der Waals surface area contributed by atoms with E-state index in [0.29, 0.717) is 39.0 Å². The van der Waals surface area contributed by atoms with Gasteiger partial charge in [-0.25, -0.2) is 18.0 Å². The predicted octanol–water partition coefficient (Wildman–Crippen LogP) is 2.59. The van der Waals surface area contributed by atoms with Gasteiger partial charge in [-0.3, -0.25) is 4.79 Å². The number of anilines is 1. The fourth-order valence-electron chi connectivity index (χ4n) is 3.84. The SMILES string of the molecule is CCN1CCN(c2c(F)c(F)c3c(=O)c(C(=O)O)cn(C4CC4)c3c2F)CC1. The first-order valence-corrected chi connectivity index (χ1v) is 9.31. The molecule has 0 spiro atoms. The molecule has 1 aliphatic carbocycles. The Balaban J connectivity index is 1.97. The van der Waals surface area contributed by atoms with Gasteiger partial charge in [0.1, 0.15) is 11.3 Å². The Morgan fingerprint density at radius 2 is 1.75 bits per heavy atom. The van der Waals surface area contributed by atoms with E-state index in [9.17, 15) is 23.5 Å². The number of likely N-dealkylation sites (N-methyl/N-ethyl adjacent to an activating group) is 1. The summed E-state index contributed by atoms with van der Waals surface area (Å²) in [5, 5.41) is 8.42. The molecule has 1 aromatic carbocycles. The van der Waals surface area contributed by atoms with E-state index in [0.717, 1.165) is 12.7 Å². The highest BCUT2D eigenvalue weighted by atomic mass is 19.2. The molecule has 0 radical (unpaired) electrons. The summed E-state index contributed by atoms with van der Waals surface area (Å²) < 4.78 is 46.5. The van der Waals surface area contributed by atoms with Gasteiger partial charge in [-0.05, 0) is 19.4 Å². The zero-order valence-electron chi connectivity index (χ0n) is 15.3. The van der Waals surface area contributed by atoms with Crippen LogP contribution in [0.3, 0.4) is 0 Å². The molecule has 2 aliphatic rings. The summed E-state index contributed by atoms with van der Waals surface area (Å²) in [4.78, 5) is 27.4. The summed E-state index contributed by atoms with van der Waals surface area (Å²) >= 11 is 0. The lowest BCUT2D eigenvalue weighted by Crippen LogP contribution is -2.47. The third-order valence-corrected chi connectivity index (χ3v) is 5.58. The summed E-state index contributed by atoms with van der Waals surface area (Å²) in [5.41, 5.74) is -2.75. The normalized spacial score (nSPS) is 18.1. The lowest BCUT2D eigenvalue weighted by Gasteiger charge is -2.36. The summed E-state index contributed by atoms with van der Waals surface area (Å²) in [6.07, 6.45) is 2.35. The third-order valence-electron chi connectivity index (χ3n) is 5.58. The zero-order valence-corrected chi connectivity index (χ0v) is 15.3. The van der Waals surface area contributed by atoms with Crippen LogP contribution in [-0.4, -0.2) is 53.3 Å². The molecule has 1 saturated carbocycles. The number of carboxylic acids is 1. The Kier molecular flexibility index (Phi) is 4.57. The maximum atomic E-state index is 15.5. The number of nitrogens with zero attached hydrogens (tertiary/aromatic N) is 3. The van der Waals surface area contributed by atoms with Gasteiger partial charge >= 0.3 is 5.97 Å². The molecule has 2 heterocycles. The summed E-state index contributed by atoms with van der Waals surface area (Å²) in [5.74, 6) is -5.51. The first kappa shape index (κ1) is 18.8. The van der Waals surface area contributed by atoms with Crippen LogP contribution in [0.5, 0.6) is 0 Å². The molecule has 28 heavy (non-hydrogen) atoms. The van der Waals surface area contributed by atoms with Crippen molar-refractivity contribution in [3.05, 3.63) is 39.4 Å². The molecule has 1 saturated heterocycles. The summed E-state index contributed by atoms with van der Waals surface area (Å²) in [7, 11) is 0. The second kappa shape index (κ2) is 6.80. The number of hydrogen-bond donors (Lipinski definition) is 1. The van der Waals surface area contributed by atoms with E-state index in [1.807, 2.05) is 6.92 Å². The molecule has 0 bridgehead atoms. The predicted molar refractivity (Wildman–Crippen MR) is 97.6 cm³/mol. The number of benzene rings is 1. The number of aromatic nitrogens is 1. The van der Waals surface area contributed by atoms with Crippen LogP contribution in [0, 0.1) is 17.5 Å². The Bertz CT molecular complexity index is 1020. The molecule has 6 nitrogen and oxygen atoms in total. The molecule has 0 unspecified atom stereocenters. The van der Waals surface area contributed by atoms with Crippen LogP contribution in [0.1, 0.15) is 36.2 Å². The second-order valence-corrected chi connectivity index (χ2v) is 7.25. The summed E-state index contributed by atoms with van der Waals surface area (Å²) in [6, 6.07) is -0.231. The van der Waals surface area contributed by atoms with Crippen molar-refractivity contribution in [2.24, 2.45) is 0 Å². The van der Waals surface area contributed by atoms with E-state index >= 15 is 4.39 Å². The molecule has 9 heteroatoms. The second-order valence-electron chi connectivity index (χ2n) is 7.25. The van der Waals surface area contributed by atoms with Crippen LogP contribution < -0.4 is 10.3 Å². The van der Waals surface area contributed by atoms with Crippen molar-refractivity contribution in [2.75, 3.05) is 37.6 Å². The fraction of sp³-hybridized carbons (Fsp3) is 0.474. The molecular formula is C19H20F3N3O3. The minimum absolute atomic E-state index is 0.231. The molecule has 150 valence electrons. The van der Waals surface area contributed by atoms with Crippen LogP contribution in [0.4, 0.5) is 18.9 Å². The maximum absolute atomic E-state index is 15.5. The van der Waals surface area contributed by atoms with Gasteiger partial charge in [0.15, 0.2) is 17.5 Å². The Labute approximate surface area is 158 Å². The Morgan fingerprint density at radius 3 is 2.29 bits per heavy atom. The van der Waals surface area contributed by atoms with E-state index in [1.165, 1.54) is 9.47 Å². The minimum Gasteiger partial charge on any atom is -0.477 e. The number of carbonyl (C=O) groups is 1. The van der Waals surface area contributed by atoms with Gasteiger partial charge in [0, 0.05) is 38.4 Å². The van der Waals surface area contributed by atoms with E-state index in [4.69, 9.17) is 0 Å². The molecule has 2 aromatic rings. The van der Waals surface area contributed by atoms with Crippen molar-refractivity contribution < 1.29 is 23.1 Å². The van der Waals surface area contributed by atoms with Crippen molar-refractivity contribution >= 4 is 22.6 Å². The Hall–Kier alpha value is -2.55. The maximum Gasteiger partial charge on any atom is 0.341 e. The molecule has 1 aliphatic heterocycles. The molecule has 0 amide bonds. The number of fused-ring (bicyclic) bond motifs is 1. The monoisotopic (exact) mass is 395 g/mol. The number of rotatable bonds is 4. The van der Waals surface area contributed by atoms with E-state index in [-0.39, 0.29) is 11.6 Å². The van der Waals surface area contributed by atoms with Gasteiger partial charge in [0.25, 0.3) is 0 Å². The molecular weight excluding hydrogens is 375 g/mol. The van der Waals surface area contributed by atoms with Crippen LogP contribution in [0.15, 0.2) is 11.0 Å². The molecule has 1 N–H and O–H groups in total. The highest BCUT2D eigenvalue weighted by molar-refractivity contribution is 5.94. The van der Waals surface area contributed by atoms with Crippen molar-refractivity contribution in [2.45, 2.75) is 25.8 Å². The van der Waals surface area contributed by atoms with E-state index < -0.39 is 45.5 Å². The number of aromatic carboxylic acids is 1. The van der Waals surface area contributed by atoms with Gasteiger partial charge in [-0.2, -0.15) is 0 Å². The van der Waals surface area contributed by atoms with Gasteiger partial charge in [-0.15, -0.1) is 0 Å². The van der Waals surface area contributed by atoms with Gasteiger partial charge < -0.3 is 19.5 Å². The molecule has 1 aromatic heterocycles. The number of hydrogen-bond acceptors (Lipinski definition) is 4. The first-order valence-electron chi connectivity index (χ1n) is 9.31.